The van der Waals surface area contributed by atoms with Gasteiger partial charge in [0.25, 0.3) is 0 Å². The lowest BCUT2D eigenvalue weighted by atomic mass is 10.0. The molecule has 0 bridgehead atoms. The number of aromatic amines is 1. The number of H-pyrrole nitrogens is 1. The summed E-state index contributed by atoms with van der Waals surface area (Å²) in [4.78, 5) is 14.7. The summed E-state index contributed by atoms with van der Waals surface area (Å²) in [5, 5.41) is 1.28. The molecule has 1 heterocycles. The first-order valence-electron chi connectivity index (χ1n) is 6.78. The van der Waals surface area contributed by atoms with Gasteiger partial charge in [0.15, 0.2) is 0 Å². The van der Waals surface area contributed by atoms with Crippen molar-refractivity contribution in [1.29, 1.82) is 0 Å². The standard InChI is InChI=1S/C16H20N2O/c1-9-14(10-6-4-5-7-12(10)18-9)15-11(8-13(17)19)16(15,2)3/h4-7,11,15,18H,8H2,1-3H3,(H2,17,19). The maximum atomic E-state index is 11.2. The minimum atomic E-state index is -0.196. The van der Waals surface area contributed by atoms with Crippen molar-refractivity contribution in [3.8, 4) is 0 Å². The fourth-order valence-corrected chi connectivity index (χ4v) is 3.61. The Kier molecular flexibility index (Phi) is 2.49. The first kappa shape index (κ1) is 12.3. The normalized spacial score (nSPS) is 24.6. The molecule has 1 aliphatic carbocycles. The number of primary amides is 1. The number of carbonyl (C=O) groups excluding carboxylic acids is 1. The van der Waals surface area contributed by atoms with E-state index in [2.05, 4.69) is 44.0 Å². The summed E-state index contributed by atoms with van der Waals surface area (Å²) in [7, 11) is 0. The van der Waals surface area contributed by atoms with Gasteiger partial charge in [0, 0.05) is 23.0 Å². The van der Waals surface area contributed by atoms with Gasteiger partial charge in [-0.05, 0) is 35.8 Å². The largest absolute Gasteiger partial charge is 0.370 e. The van der Waals surface area contributed by atoms with Crippen molar-refractivity contribution in [2.75, 3.05) is 0 Å². The number of amides is 1. The molecule has 0 aliphatic heterocycles. The average Bonchev–Trinajstić information content (AvgIpc) is 2.69. The number of aromatic nitrogens is 1. The van der Waals surface area contributed by atoms with Crippen molar-refractivity contribution in [2.24, 2.45) is 17.1 Å². The van der Waals surface area contributed by atoms with Crippen LogP contribution in [0.2, 0.25) is 0 Å². The Bertz CT molecular complexity index is 654. The van der Waals surface area contributed by atoms with E-state index in [1.165, 1.54) is 22.2 Å². The van der Waals surface area contributed by atoms with E-state index in [9.17, 15) is 4.79 Å². The number of carbonyl (C=O) groups is 1. The molecule has 0 radical (unpaired) electrons. The summed E-state index contributed by atoms with van der Waals surface area (Å²) in [6.07, 6.45) is 0.483. The van der Waals surface area contributed by atoms with E-state index in [4.69, 9.17) is 5.73 Å². The molecule has 1 fully saturated rings. The van der Waals surface area contributed by atoms with Gasteiger partial charge in [-0.2, -0.15) is 0 Å². The van der Waals surface area contributed by atoms with Crippen molar-refractivity contribution in [3.63, 3.8) is 0 Å². The minimum Gasteiger partial charge on any atom is -0.370 e. The van der Waals surface area contributed by atoms with Crippen molar-refractivity contribution in [1.82, 2.24) is 4.98 Å². The molecule has 3 rings (SSSR count). The smallest absolute Gasteiger partial charge is 0.217 e. The quantitative estimate of drug-likeness (QED) is 0.871. The molecule has 1 saturated carbocycles. The van der Waals surface area contributed by atoms with Gasteiger partial charge in [0.2, 0.25) is 5.91 Å². The van der Waals surface area contributed by atoms with Crippen molar-refractivity contribution in [3.05, 3.63) is 35.5 Å². The Labute approximate surface area is 113 Å². The highest BCUT2D eigenvalue weighted by molar-refractivity contribution is 5.86. The van der Waals surface area contributed by atoms with Crippen LogP contribution in [0, 0.1) is 18.3 Å². The van der Waals surface area contributed by atoms with Crippen molar-refractivity contribution >= 4 is 16.8 Å². The van der Waals surface area contributed by atoms with Crippen LogP contribution in [0.5, 0.6) is 0 Å². The van der Waals surface area contributed by atoms with Gasteiger partial charge in [-0.1, -0.05) is 32.0 Å². The van der Waals surface area contributed by atoms with Crippen LogP contribution in [0.15, 0.2) is 24.3 Å². The van der Waals surface area contributed by atoms with Crippen LogP contribution in [-0.2, 0) is 4.79 Å². The third-order valence-corrected chi connectivity index (χ3v) is 4.73. The molecule has 1 amide bonds. The van der Waals surface area contributed by atoms with Crippen LogP contribution in [0.4, 0.5) is 0 Å². The summed E-state index contributed by atoms with van der Waals surface area (Å²) in [6, 6.07) is 8.37. The molecular formula is C16H20N2O. The van der Waals surface area contributed by atoms with E-state index in [-0.39, 0.29) is 11.3 Å². The van der Waals surface area contributed by atoms with Gasteiger partial charge in [-0.25, -0.2) is 0 Å². The molecular weight excluding hydrogens is 236 g/mol. The summed E-state index contributed by atoms with van der Waals surface area (Å²) >= 11 is 0. The van der Waals surface area contributed by atoms with Crippen LogP contribution < -0.4 is 5.73 Å². The summed E-state index contributed by atoms with van der Waals surface area (Å²) in [6.45, 7) is 6.57. The van der Waals surface area contributed by atoms with Crippen LogP contribution in [-0.4, -0.2) is 10.9 Å². The second kappa shape index (κ2) is 3.86. The van der Waals surface area contributed by atoms with Crippen LogP contribution in [0.3, 0.4) is 0 Å². The zero-order valence-corrected chi connectivity index (χ0v) is 11.7. The van der Waals surface area contributed by atoms with Gasteiger partial charge < -0.3 is 10.7 Å². The topological polar surface area (TPSA) is 58.9 Å². The first-order chi connectivity index (χ1) is 8.93. The number of benzene rings is 1. The number of rotatable bonds is 3. The highest BCUT2D eigenvalue weighted by Crippen LogP contribution is 2.67. The Morgan fingerprint density at radius 1 is 1.37 bits per heavy atom. The van der Waals surface area contributed by atoms with E-state index in [0.29, 0.717) is 18.3 Å². The summed E-state index contributed by atoms with van der Waals surface area (Å²) < 4.78 is 0. The number of para-hydroxylation sites is 1. The second-order valence-electron chi connectivity index (χ2n) is 6.29. The maximum absolute atomic E-state index is 11.2. The first-order valence-corrected chi connectivity index (χ1v) is 6.78. The SMILES string of the molecule is Cc1[nH]c2ccccc2c1C1C(CC(N)=O)C1(C)C. The third kappa shape index (κ3) is 1.76. The predicted molar refractivity (Wildman–Crippen MR) is 76.9 cm³/mol. The molecule has 2 unspecified atom stereocenters. The Morgan fingerprint density at radius 3 is 2.74 bits per heavy atom. The van der Waals surface area contributed by atoms with E-state index in [1.807, 2.05) is 6.07 Å². The van der Waals surface area contributed by atoms with Gasteiger partial charge in [-0.3, -0.25) is 4.79 Å². The molecule has 2 aromatic rings. The van der Waals surface area contributed by atoms with Crippen LogP contribution >= 0.6 is 0 Å². The van der Waals surface area contributed by atoms with Gasteiger partial charge in [0.05, 0.1) is 0 Å². The molecule has 2 atom stereocenters. The maximum Gasteiger partial charge on any atom is 0.217 e. The highest BCUT2D eigenvalue weighted by atomic mass is 16.1. The highest BCUT2D eigenvalue weighted by Gasteiger charge is 2.59. The van der Waals surface area contributed by atoms with E-state index in [0.717, 1.165) is 0 Å². The van der Waals surface area contributed by atoms with Crippen molar-refractivity contribution in [2.45, 2.75) is 33.1 Å². The number of hydrogen-bond donors (Lipinski definition) is 2. The predicted octanol–water partition coefficient (Wildman–Crippen LogP) is 3.09. The molecule has 1 aliphatic rings. The Balaban J connectivity index is 2.06. The van der Waals surface area contributed by atoms with E-state index >= 15 is 0 Å². The Morgan fingerprint density at radius 2 is 2.05 bits per heavy atom. The molecule has 3 nitrogen and oxygen atoms in total. The lowest BCUT2D eigenvalue weighted by Gasteiger charge is -2.03. The summed E-state index contributed by atoms with van der Waals surface area (Å²) in [5.74, 6) is 0.595. The Hall–Kier alpha value is -1.77. The molecule has 19 heavy (non-hydrogen) atoms. The molecule has 3 heteroatoms. The third-order valence-electron chi connectivity index (χ3n) is 4.73. The molecule has 0 spiro atoms. The van der Waals surface area contributed by atoms with Gasteiger partial charge in [-0.15, -0.1) is 0 Å². The lowest BCUT2D eigenvalue weighted by Crippen LogP contribution is -2.12. The van der Waals surface area contributed by atoms with Gasteiger partial charge >= 0.3 is 0 Å². The van der Waals surface area contributed by atoms with Gasteiger partial charge in [0.1, 0.15) is 0 Å². The zero-order chi connectivity index (χ0) is 13.8. The number of hydrogen-bond acceptors (Lipinski definition) is 1. The molecule has 0 saturated heterocycles. The fraction of sp³-hybridized carbons (Fsp3) is 0.438. The average molecular weight is 256 g/mol. The molecule has 1 aromatic carbocycles. The summed E-state index contributed by atoms with van der Waals surface area (Å²) in [5.41, 5.74) is 9.29. The van der Waals surface area contributed by atoms with Crippen molar-refractivity contribution < 1.29 is 4.79 Å². The number of nitrogens with two attached hydrogens (primary N) is 1. The number of nitrogens with one attached hydrogen (secondary N) is 1. The lowest BCUT2D eigenvalue weighted by molar-refractivity contribution is -0.118. The number of aryl methyl sites for hydroxylation is 1. The van der Waals surface area contributed by atoms with Crippen LogP contribution in [0.1, 0.15) is 37.4 Å². The van der Waals surface area contributed by atoms with E-state index in [1.54, 1.807) is 0 Å². The molecule has 1 aromatic heterocycles. The second-order valence-corrected chi connectivity index (χ2v) is 6.29. The molecule has 3 N–H and O–H groups in total. The van der Waals surface area contributed by atoms with E-state index < -0.39 is 0 Å². The fourth-order valence-electron chi connectivity index (χ4n) is 3.61. The minimum absolute atomic E-state index is 0.157. The number of fused-ring (bicyclic) bond motifs is 1. The van der Waals surface area contributed by atoms with Crippen LogP contribution in [0.25, 0.3) is 10.9 Å². The monoisotopic (exact) mass is 256 g/mol. The zero-order valence-electron chi connectivity index (χ0n) is 11.7. The molecule has 100 valence electrons.